The Hall–Kier alpha value is -5.47. The summed E-state index contributed by atoms with van der Waals surface area (Å²) in [4.78, 5) is 34.2. The van der Waals surface area contributed by atoms with Crippen LogP contribution in [0.2, 0.25) is 0 Å². The van der Waals surface area contributed by atoms with E-state index in [0.717, 1.165) is 70.0 Å². The summed E-state index contributed by atoms with van der Waals surface area (Å²) < 4.78 is 44.7. The highest BCUT2D eigenvalue weighted by Crippen LogP contribution is 2.51. The summed E-state index contributed by atoms with van der Waals surface area (Å²) in [6.07, 6.45) is 12.5. The number of hydrogen-bond acceptors (Lipinski definition) is 10. The van der Waals surface area contributed by atoms with Gasteiger partial charge >= 0.3 is 12.0 Å². The maximum absolute atomic E-state index is 17.3. The second-order valence-electron chi connectivity index (χ2n) is 16.8. The van der Waals surface area contributed by atoms with E-state index >= 15 is 8.78 Å². The Balaban J connectivity index is 1.05. The molecule has 3 saturated heterocycles. The van der Waals surface area contributed by atoms with E-state index in [2.05, 4.69) is 32.2 Å². The number of nitrogens with zero attached hydrogens (tertiary/aromatic N) is 7. The van der Waals surface area contributed by atoms with Crippen LogP contribution in [0.5, 0.6) is 17.6 Å². The van der Waals surface area contributed by atoms with Gasteiger partial charge < -0.3 is 34.6 Å². The van der Waals surface area contributed by atoms with Gasteiger partial charge in [-0.25, -0.2) is 18.6 Å². The van der Waals surface area contributed by atoms with Gasteiger partial charge in [0.05, 0.1) is 37.4 Å². The van der Waals surface area contributed by atoms with Crippen LogP contribution in [0.1, 0.15) is 50.5 Å². The SMILES string of the molecule is C#Cc1c(F)ccc2cc(O)cc(-c3nc(OC)c4c(N5CC6CCC(C5)N6C(=O)NC(C#N)C5CC5)nc(OCC5(CN6CC7CC7C6)CC5)nc4c3F)c12. The maximum atomic E-state index is 17.3. The number of anilines is 1. The second-order valence-corrected chi connectivity index (χ2v) is 16.8. The maximum Gasteiger partial charge on any atom is 0.319 e. The molecule has 2 aromatic heterocycles. The smallest absolute Gasteiger partial charge is 0.319 e. The number of aromatic nitrogens is 3. The van der Waals surface area contributed by atoms with Crippen molar-refractivity contribution in [3.63, 3.8) is 0 Å². The van der Waals surface area contributed by atoms with Crippen molar-refractivity contribution >= 4 is 33.5 Å². The van der Waals surface area contributed by atoms with Crippen LogP contribution in [0.15, 0.2) is 24.3 Å². The number of piperazine rings is 1. The quantitative estimate of drug-likeness (QED) is 0.197. The van der Waals surface area contributed by atoms with E-state index in [9.17, 15) is 15.2 Å². The molecule has 12 nitrogen and oxygen atoms in total. The van der Waals surface area contributed by atoms with Crippen molar-refractivity contribution in [2.45, 2.75) is 63.1 Å². The second kappa shape index (κ2) is 13.1. The standard InChI is InChI=1S/C42H42F2N8O4/c1-3-29-31(43)9-6-23-13-28(53)14-30(33(23)29)36-35(44)37-34(39(47-36)55-2)38(49-40(48-37)56-21-42(10-11-42)20-50-16-24-12-25(24)17-50)51-18-26-7-8-27(19-51)52(26)41(54)46-32(15-45)22-4-5-22/h1,6,9,13-14,22,24-27,32,53H,4-5,7-8,10-12,16-21H2,2H3,(H,46,54). The number of halogens is 2. The Morgan fingerprint density at radius 2 is 1.82 bits per heavy atom. The van der Waals surface area contributed by atoms with E-state index in [1.165, 1.54) is 37.8 Å². The fourth-order valence-corrected chi connectivity index (χ4v) is 9.62. The molecular weight excluding hydrogens is 719 g/mol. The zero-order chi connectivity index (χ0) is 38.5. The van der Waals surface area contributed by atoms with Crippen molar-refractivity contribution in [3.05, 3.63) is 41.5 Å². The van der Waals surface area contributed by atoms with Gasteiger partial charge in [0.2, 0.25) is 5.88 Å². The molecule has 3 aliphatic heterocycles. The van der Waals surface area contributed by atoms with Gasteiger partial charge in [-0.2, -0.15) is 15.2 Å². The molecule has 10 rings (SSSR count). The number of aromatic hydroxyl groups is 1. The molecule has 0 radical (unpaired) electrons. The molecule has 56 heavy (non-hydrogen) atoms. The highest BCUT2D eigenvalue weighted by atomic mass is 19.1. The summed E-state index contributed by atoms with van der Waals surface area (Å²) in [6, 6.07) is 6.56. The molecule has 0 spiro atoms. The van der Waals surface area contributed by atoms with Gasteiger partial charge in [0, 0.05) is 49.1 Å². The first-order valence-electron chi connectivity index (χ1n) is 19.6. The highest BCUT2D eigenvalue weighted by Gasteiger charge is 2.51. The minimum Gasteiger partial charge on any atom is -0.508 e. The molecule has 288 valence electrons. The highest BCUT2D eigenvalue weighted by molar-refractivity contribution is 6.04. The summed E-state index contributed by atoms with van der Waals surface area (Å²) in [5.74, 6) is 2.92. The van der Waals surface area contributed by atoms with Crippen molar-refractivity contribution in [2.24, 2.45) is 23.2 Å². The number of likely N-dealkylation sites (tertiary alicyclic amines) is 1. The lowest BCUT2D eigenvalue weighted by Crippen LogP contribution is -2.59. The lowest BCUT2D eigenvalue weighted by atomic mass is 9.95. The number of piperidine rings is 1. The van der Waals surface area contributed by atoms with Crippen molar-refractivity contribution in [3.8, 4) is 47.3 Å². The molecule has 4 aromatic rings. The number of rotatable bonds is 10. The van der Waals surface area contributed by atoms with E-state index in [4.69, 9.17) is 20.9 Å². The van der Waals surface area contributed by atoms with E-state index in [-0.39, 0.29) is 80.2 Å². The molecule has 5 unspecified atom stereocenters. The molecule has 2 amide bonds. The zero-order valence-corrected chi connectivity index (χ0v) is 31.1. The number of nitriles is 1. The number of pyridine rings is 1. The first kappa shape index (κ1) is 35.0. The predicted octanol–water partition coefficient (Wildman–Crippen LogP) is 5.59. The number of nitrogens with one attached hydrogen (secondary N) is 1. The Morgan fingerprint density at radius 3 is 2.48 bits per heavy atom. The number of methoxy groups -OCH3 is 1. The van der Waals surface area contributed by atoms with E-state index < -0.39 is 17.7 Å². The molecule has 2 aromatic carbocycles. The van der Waals surface area contributed by atoms with Crippen LogP contribution in [0.3, 0.4) is 0 Å². The van der Waals surface area contributed by atoms with Gasteiger partial charge in [-0.05, 0) is 86.3 Å². The number of hydrogen-bond donors (Lipinski definition) is 2. The topological polar surface area (TPSA) is 140 Å². The third-order valence-electron chi connectivity index (χ3n) is 13.0. The van der Waals surface area contributed by atoms with Gasteiger partial charge in [-0.15, -0.1) is 6.42 Å². The predicted molar refractivity (Wildman–Crippen MR) is 203 cm³/mol. The number of amides is 2. The molecular formula is C42H42F2N8O4. The van der Waals surface area contributed by atoms with Crippen LogP contribution in [0, 0.1) is 58.5 Å². The molecule has 6 fully saturated rings. The summed E-state index contributed by atoms with van der Waals surface area (Å²) in [7, 11) is 1.42. The summed E-state index contributed by atoms with van der Waals surface area (Å²) in [5.41, 5.74) is -0.382. The molecule has 2 N–H and O–H groups in total. The molecule has 3 saturated carbocycles. The largest absolute Gasteiger partial charge is 0.508 e. The minimum atomic E-state index is -0.838. The molecule has 3 aliphatic carbocycles. The Morgan fingerprint density at radius 1 is 1.07 bits per heavy atom. The van der Waals surface area contributed by atoms with Crippen LogP contribution in [0.25, 0.3) is 32.9 Å². The van der Waals surface area contributed by atoms with E-state index in [1.54, 1.807) is 0 Å². The number of ether oxygens (including phenoxy) is 2. The number of phenols is 1. The van der Waals surface area contributed by atoms with Gasteiger partial charge in [0.1, 0.15) is 40.0 Å². The van der Waals surface area contributed by atoms with Gasteiger partial charge in [-0.3, -0.25) is 0 Å². The Bertz CT molecular complexity index is 2370. The number of phenolic OH excluding ortho intramolecular Hbond substituents is 1. The fourth-order valence-electron chi connectivity index (χ4n) is 9.62. The van der Waals surface area contributed by atoms with Gasteiger partial charge in [0.25, 0.3) is 0 Å². The molecule has 14 heteroatoms. The zero-order valence-electron chi connectivity index (χ0n) is 31.1. The summed E-state index contributed by atoms with van der Waals surface area (Å²) >= 11 is 0. The Labute approximate surface area is 322 Å². The summed E-state index contributed by atoms with van der Waals surface area (Å²) in [5, 5.41) is 24.2. The van der Waals surface area contributed by atoms with Crippen molar-refractivity contribution in [2.75, 3.05) is 51.3 Å². The average molecular weight is 761 g/mol. The van der Waals surface area contributed by atoms with Crippen LogP contribution in [-0.2, 0) is 0 Å². The van der Waals surface area contributed by atoms with E-state index in [0.29, 0.717) is 30.9 Å². The fraction of sp³-hybridized carbons (Fsp3) is 0.500. The number of carbonyl (C=O) groups excluding carboxylic acids is 1. The lowest BCUT2D eigenvalue weighted by Gasteiger charge is -2.42. The van der Waals surface area contributed by atoms with Crippen LogP contribution in [0.4, 0.5) is 19.4 Å². The van der Waals surface area contributed by atoms with Crippen LogP contribution >= 0.6 is 0 Å². The van der Waals surface area contributed by atoms with Crippen LogP contribution < -0.4 is 19.7 Å². The molecule has 2 bridgehead atoms. The van der Waals surface area contributed by atoms with Crippen molar-refractivity contribution < 1.29 is 28.2 Å². The van der Waals surface area contributed by atoms with Crippen LogP contribution in [-0.4, -0.2) is 100 Å². The third kappa shape index (κ3) is 5.97. The molecule has 5 atom stereocenters. The normalized spacial score (nSPS) is 25.1. The first-order chi connectivity index (χ1) is 27.2. The van der Waals surface area contributed by atoms with Gasteiger partial charge in [0.15, 0.2) is 5.82 Å². The van der Waals surface area contributed by atoms with Crippen molar-refractivity contribution in [1.82, 2.24) is 30.1 Å². The number of terminal acetylenes is 1. The van der Waals surface area contributed by atoms with Crippen molar-refractivity contribution in [1.29, 1.82) is 5.26 Å². The first-order valence-corrected chi connectivity index (χ1v) is 19.6. The molecule has 6 aliphatic rings. The third-order valence-corrected chi connectivity index (χ3v) is 13.0. The number of carbonyl (C=O) groups is 1. The number of urea groups is 1. The lowest BCUT2D eigenvalue weighted by molar-refractivity contribution is 0.158. The van der Waals surface area contributed by atoms with E-state index in [1.807, 2.05) is 9.80 Å². The minimum absolute atomic E-state index is 0.00564. The average Bonchev–Trinajstić information content (AvgIpc) is 4.15. The molecule has 5 heterocycles. The van der Waals surface area contributed by atoms with Gasteiger partial charge in [-0.1, -0.05) is 12.0 Å². The Kier molecular flexibility index (Phi) is 8.15. The summed E-state index contributed by atoms with van der Waals surface area (Å²) in [6.45, 7) is 4.36. The number of benzene rings is 2. The monoisotopic (exact) mass is 760 g/mol. The number of fused-ring (bicyclic) bond motifs is 5.